The molecule has 0 bridgehead atoms. The lowest BCUT2D eigenvalue weighted by Crippen LogP contribution is -2.23. The zero-order valence-corrected chi connectivity index (χ0v) is 11.8. The molecule has 2 aromatic rings. The fraction of sp³-hybridized carbons (Fsp3) is 0.154. The molecule has 1 heterocycles. The summed E-state index contributed by atoms with van der Waals surface area (Å²) < 4.78 is 0. The lowest BCUT2D eigenvalue weighted by atomic mass is 10.2. The van der Waals surface area contributed by atoms with Crippen molar-refractivity contribution in [3.05, 3.63) is 46.2 Å². The number of hydrogen-bond donors (Lipinski definition) is 4. The van der Waals surface area contributed by atoms with E-state index in [0.29, 0.717) is 16.5 Å². The number of nitrogens with one attached hydrogen (secondary N) is 2. The summed E-state index contributed by atoms with van der Waals surface area (Å²) in [5, 5.41) is 11.5. The maximum Gasteiger partial charge on any atom is 0.277 e. The molecule has 0 fully saturated rings. The van der Waals surface area contributed by atoms with Crippen LogP contribution < -0.4 is 16.6 Å². The Bertz CT molecular complexity index is 688. The number of rotatable bonds is 5. The van der Waals surface area contributed by atoms with Crippen molar-refractivity contribution in [2.24, 2.45) is 0 Å². The highest BCUT2D eigenvalue weighted by atomic mass is 32.2. The Labute approximate surface area is 124 Å². The van der Waals surface area contributed by atoms with Gasteiger partial charge in [0.05, 0.1) is 6.61 Å². The van der Waals surface area contributed by atoms with Crippen molar-refractivity contribution < 1.29 is 9.90 Å². The van der Waals surface area contributed by atoms with E-state index in [1.165, 1.54) is 0 Å². The van der Waals surface area contributed by atoms with Gasteiger partial charge in [0.25, 0.3) is 11.5 Å². The summed E-state index contributed by atoms with van der Waals surface area (Å²) in [5.74, 6) is -0.119. The number of benzene rings is 1. The fourth-order valence-corrected chi connectivity index (χ4v) is 2.19. The summed E-state index contributed by atoms with van der Waals surface area (Å²) in [5.41, 5.74) is 5.49. The number of aromatic nitrogens is 2. The Hall–Kier alpha value is -2.32. The predicted octanol–water partition coefficient (Wildman–Crippen LogP) is 0.689. The second-order valence-corrected chi connectivity index (χ2v) is 5.11. The fourth-order valence-electron chi connectivity index (χ4n) is 1.58. The molecule has 0 spiro atoms. The lowest BCUT2D eigenvalue weighted by Gasteiger charge is -2.08. The number of nitrogen functional groups attached to an aromatic ring is 1. The number of aliphatic hydroxyl groups is 1. The molecule has 0 radical (unpaired) electrons. The molecule has 21 heavy (non-hydrogen) atoms. The molecule has 1 aromatic heterocycles. The summed E-state index contributed by atoms with van der Waals surface area (Å²) >= 11 is 1.16. The van der Waals surface area contributed by atoms with Crippen LogP contribution in [0.2, 0.25) is 0 Å². The molecule has 0 unspecified atom stereocenters. The topological polar surface area (TPSA) is 121 Å². The van der Waals surface area contributed by atoms with Crippen molar-refractivity contribution >= 4 is 29.2 Å². The first-order chi connectivity index (χ1) is 10.1. The number of aliphatic hydroxyl groups excluding tert-OH is 1. The molecule has 0 aliphatic rings. The summed E-state index contributed by atoms with van der Waals surface area (Å²) in [6, 6.07) is 8.47. The smallest absolute Gasteiger partial charge is 0.277 e. The van der Waals surface area contributed by atoms with Gasteiger partial charge in [-0.1, -0.05) is 30.0 Å². The van der Waals surface area contributed by atoms with E-state index in [1.54, 1.807) is 30.3 Å². The molecule has 1 amide bonds. The van der Waals surface area contributed by atoms with E-state index in [9.17, 15) is 9.59 Å². The Morgan fingerprint density at radius 3 is 2.71 bits per heavy atom. The van der Waals surface area contributed by atoms with Crippen LogP contribution in [-0.2, 0) is 0 Å². The third kappa shape index (κ3) is 3.83. The first kappa shape index (κ1) is 15.1. The van der Waals surface area contributed by atoms with Crippen molar-refractivity contribution in [3.63, 3.8) is 0 Å². The summed E-state index contributed by atoms with van der Waals surface area (Å²) in [6.45, 7) is -0.0409. The molecule has 0 aliphatic heterocycles. The monoisotopic (exact) mass is 306 g/mol. The first-order valence-electron chi connectivity index (χ1n) is 6.11. The Kier molecular flexibility index (Phi) is 4.96. The van der Waals surface area contributed by atoms with E-state index in [0.717, 1.165) is 11.8 Å². The van der Waals surface area contributed by atoms with Gasteiger partial charge in [0, 0.05) is 11.3 Å². The van der Waals surface area contributed by atoms with Crippen LogP contribution in [-0.4, -0.2) is 33.3 Å². The number of nitrogens with zero attached hydrogens (tertiary/aromatic N) is 1. The van der Waals surface area contributed by atoms with Crippen LogP contribution in [0.4, 0.5) is 11.5 Å². The average Bonchev–Trinajstić information content (AvgIpc) is 2.49. The summed E-state index contributed by atoms with van der Waals surface area (Å²) in [4.78, 5) is 30.4. The van der Waals surface area contributed by atoms with Gasteiger partial charge in [-0.2, -0.15) is 0 Å². The number of H-pyrrole nitrogens is 1. The van der Waals surface area contributed by atoms with E-state index in [1.807, 2.05) is 0 Å². The Morgan fingerprint density at radius 2 is 2.10 bits per heavy atom. The van der Waals surface area contributed by atoms with Gasteiger partial charge >= 0.3 is 0 Å². The van der Waals surface area contributed by atoms with Gasteiger partial charge in [0.1, 0.15) is 5.69 Å². The molecule has 7 nitrogen and oxygen atoms in total. The van der Waals surface area contributed by atoms with Crippen molar-refractivity contribution in [1.29, 1.82) is 0 Å². The van der Waals surface area contributed by atoms with Crippen LogP contribution in [0.5, 0.6) is 0 Å². The number of hydrogen-bond acceptors (Lipinski definition) is 6. The van der Waals surface area contributed by atoms with Gasteiger partial charge in [-0.05, 0) is 12.1 Å². The number of anilines is 2. The van der Waals surface area contributed by atoms with E-state index >= 15 is 0 Å². The Balaban J connectivity index is 2.21. The number of amides is 1. The number of nitrogens with two attached hydrogens (primary N) is 1. The minimum Gasteiger partial charge on any atom is -0.396 e. The van der Waals surface area contributed by atoms with Crippen molar-refractivity contribution in [2.45, 2.75) is 5.16 Å². The minimum atomic E-state index is -0.535. The highest BCUT2D eigenvalue weighted by Crippen LogP contribution is 2.16. The highest BCUT2D eigenvalue weighted by molar-refractivity contribution is 7.99. The minimum absolute atomic E-state index is 0.0409. The van der Waals surface area contributed by atoms with Gasteiger partial charge in [0.15, 0.2) is 11.0 Å². The molecule has 0 saturated carbocycles. The molecule has 0 saturated heterocycles. The van der Waals surface area contributed by atoms with Gasteiger partial charge < -0.3 is 16.2 Å². The SMILES string of the molecule is Nc1nc(SCCO)[nH]c(=O)c1NC(=O)c1ccccc1. The molecular weight excluding hydrogens is 292 g/mol. The van der Waals surface area contributed by atoms with Gasteiger partial charge in [-0.15, -0.1) is 0 Å². The standard InChI is InChI=1S/C13H14N4O3S/c14-10-9(12(20)17-13(16-10)21-7-6-18)15-11(19)8-4-2-1-3-5-8/h1-5,18H,6-7H2,(H,15,19)(H3,14,16,17,20). The maximum absolute atomic E-state index is 12.0. The zero-order chi connectivity index (χ0) is 15.2. The molecule has 5 N–H and O–H groups in total. The van der Waals surface area contributed by atoms with E-state index < -0.39 is 11.5 Å². The van der Waals surface area contributed by atoms with Crippen molar-refractivity contribution in [3.8, 4) is 0 Å². The van der Waals surface area contributed by atoms with E-state index in [4.69, 9.17) is 10.8 Å². The van der Waals surface area contributed by atoms with Crippen LogP contribution in [0.25, 0.3) is 0 Å². The molecule has 2 rings (SSSR count). The molecule has 8 heteroatoms. The molecule has 0 atom stereocenters. The second-order valence-electron chi connectivity index (χ2n) is 4.02. The van der Waals surface area contributed by atoms with E-state index in [2.05, 4.69) is 15.3 Å². The molecule has 1 aromatic carbocycles. The van der Waals surface area contributed by atoms with Crippen LogP contribution >= 0.6 is 11.8 Å². The molecular formula is C13H14N4O3S. The third-order valence-corrected chi connectivity index (χ3v) is 3.38. The third-order valence-electron chi connectivity index (χ3n) is 2.53. The maximum atomic E-state index is 12.0. The van der Waals surface area contributed by atoms with Gasteiger partial charge in [0.2, 0.25) is 0 Å². The van der Waals surface area contributed by atoms with E-state index in [-0.39, 0.29) is 18.1 Å². The van der Waals surface area contributed by atoms with Crippen LogP contribution in [0.1, 0.15) is 10.4 Å². The number of thioether (sulfide) groups is 1. The molecule has 0 aliphatic carbocycles. The van der Waals surface area contributed by atoms with Gasteiger partial charge in [-0.3, -0.25) is 14.6 Å². The number of carbonyl (C=O) groups is 1. The molecule has 110 valence electrons. The Morgan fingerprint density at radius 1 is 1.38 bits per heavy atom. The quantitative estimate of drug-likeness (QED) is 0.476. The number of aromatic amines is 1. The van der Waals surface area contributed by atoms with Crippen LogP contribution in [0, 0.1) is 0 Å². The largest absolute Gasteiger partial charge is 0.396 e. The van der Waals surface area contributed by atoms with Crippen molar-refractivity contribution in [1.82, 2.24) is 9.97 Å². The van der Waals surface area contributed by atoms with Crippen molar-refractivity contribution in [2.75, 3.05) is 23.4 Å². The van der Waals surface area contributed by atoms with Gasteiger partial charge in [-0.25, -0.2) is 4.98 Å². The summed E-state index contributed by atoms with van der Waals surface area (Å²) in [7, 11) is 0. The predicted molar refractivity (Wildman–Crippen MR) is 81.5 cm³/mol. The average molecular weight is 306 g/mol. The first-order valence-corrected chi connectivity index (χ1v) is 7.10. The highest BCUT2D eigenvalue weighted by Gasteiger charge is 2.13. The summed E-state index contributed by atoms with van der Waals surface area (Å²) in [6.07, 6.45) is 0. The second kappa shape index (κ2) is 6.91. The zero-order valence-electron chi connectivity index (χ0n) is 11.0. The number of carbonyl (C=O) groups excluding carboxylic acids is 1. The lowest BCUT2D eigenvalue weighted by molar-refractivity contribution is 0.102. The van der Waals surface area contributed by atoms with Crippen LogP contribution in [0.15, 0.2) is 40.3 Å². The normalized spacial score (nSPS) is 10.3. The van der Waals surface area contributed by atoms with Crippen LogP contribution in [0.3, 0.4) is 0 Å².